The summed E-state index contributed by atoms with van der Waals surface area (Å²) in [5.41, 5.74) is 0.504. The average molecular weight is 219 g/mol. The van der Waals surface area contributed by atoms with Gasteiger partial charge in [-0.05, 0) is 25.0 Å². The van der Waals surface area contributed by atoms with Crippen molar-refractivity contribution in [3.05, 3.63) is 24.0 Å². The van der Waals surface area contributed by atoms with Crippen molar-refractivity contribution in [3.63, 3.8) is 0 Å². The van der Waals surface area contributed by atoms with E-state index in [0.29, 0.717) is 25.1 Å². The topological polar surface area (TPSA) is 68.9 Å². The van der Waals surface area contributed by atoms with Crippen LogP contribution < -0.4 is 5.32 Å². The second-order valence-corrected chi connectivity index (χ2v) is 3.83. The Morgan fingerprint density at radius 2 is 2.19 bits per heavy atom. The van der Waals surface area contributed by atoms with Crippen LogP contribution in [0.4, 0.5) is 5.69 Å². The van der Waals surface area contributed by atoms with Gasteiger partial charge in [0.1, 0.15) is 11.8 Å². The van der Waals surface area contributed by atoms with Gasteiger partial charge in [0.15, 0.2) is 0 Å². The van der Waals surface area contributed by atoms with Crippen LogP contribution in [0.2, 0.25) is 0 Å². The summed E-state index contributed by atoms with van der Waals surface area (Å²) in [6, 6.07) is 5.44. The Balaban J connectivity index is 2.64. The van der Waals surface area contributed by atoms with E-state index in [9.17, 15) is 5.11 Å². The molecule has 86 valence electrons. The number of nitrogens with zero attached hydrogens (tertiary/aromatic N) is 2. The van der Waals surface area contributed by atoms with Gasteiger partial charge >= 0.3 is 0 Å². The first-order valence-corrected chi connectivity index (χ1v) is 5.46. The van der Waals surface area contributed by atoms with Crippen molar-refractivity contribution in [1.29, 1.82) is 5.26 Å². The molecule has 16 heavy (non-hydrogen) atoms. The van der Waals surface area contributed by atoms with Crippen molar-refractivity contribution < 1.29 is 5.11 Å². The highest BCUT2D eigenvalue weighted by Crippen LogP contribution is 2.16. The first-order valence-electron chi connectivity index (χ1n) is 5.46. The lowest BCUT2D eigenvalue weighted by Crippen LogP contribution is -2.35. The third-order valence-electron chi connectivity index (χ3n) is 2.81. The van der Waals surface area contributed by atoms with Crippen molar-refractivity contribution in [2.24, 2.45) is 0 Å². The monoisotopic (exact) mass is 219 g/mol. The van der Waals surface area contributed by atoms with Crippen LogP contribution in [0.1, 0.15) is 32.4 Å². The Labute approximate surface area is 95.9 Å². The molecule has 0 unspecified atom stereocenters. The summed E-state index contributed by atoms with van der Waals surface area (Å²) in [6.45, 7) is 4.39. The number of nitriles is 1. The molecule has 2 N–H and O–H groups in total. The number of pyridine rings is 1. The van der Waals surface area contributed by atoms with E-state index in [0.717, 1.165) is 5.69 Å². The van der Waals surface area contributed by atoms with Crippen LogP contribution >= 0.6 is 0 Å². The maximum atomic E-state index is 10.1. The molecule has 4 nitrogen and oxygen atoms in total. The third kappa shape index (κ3) is 3.21. The van der Waals surface area contributed by atoms with Crippen LogP contribution in [-0.2, 0) is 0 Å². The molecule has 0 atom stereocenters. The van der Waals surface area contributed by atoms with Crippen molar-refractivity contribution in [2.75, 3.05) is 11.9 Å². The van der Waals surface area contributed by atoms with E-state index in [4.69, 9.17) is 5.26 Å². The highest BCUT2D eigenvalue weighted by Gasteiger charge is 2.21. The number of nitrogens with one attached hydrogen (secondary N) is 1. The number of rotatable bonds is 5. The Morgan fingerprint density at radius 1 is 1.50 bits per heavy atom. The highest BCUT2D eigenvalue weighted by atomic mass is 16.3. The molecule has 0 fully saturated rings. The van der Waals surface area contributed by atoms with E-state index in [1.807, 2.05) is 19.9 Å². The van der Waals surface area contributed by atoms with Gasteiger partial charge in [-0.15, -0.1) is 0 Å². The van der Waals surface area contributed by atoms with Gasteiger partial charge in [0.2, 0.25) is 0 Å². The molecule has 0 radical (unpaired) electrons. The van der Waals surface area contributed by atoms with E-state index >= 15 is 0 Å². The number of aromatic nitrogens is 1. The van der Waals surface area contributed by atoms with Gasteiger partial charge in [-0.3, -0.25) is 0 Å². The molecule has 0 aliphatic rings. The summed E-state index contributed by atoms with van der Waals surface area (Å²) in [7, 11) is 0. The summed E-state index contributed by atoms with van der Waals surface area (Å²) < 4.78 is 0. The summed E-state index contributed by atoms with van der Waals surface area (Å²) in [5.74, 6) is 0. The second-order valence-electron chi connectivity index (χ2n) is 3.83. The van der Waals surface area contributed by atoms with Gasteiger partial charge in [0.05, 0.1) is 5.60 Å². The summed E-state index contributed by atoms with van der Waals surface area (Å²) >= 11 is 0. The molecule has 0 amide bonds. The fourth-order valence-corrected chi connectivity index (χ4v) is 1.37. The number of aliphatic hydroxyl groups is 1. The molecular formula is C12H17N3O. The van der Waals surface area contributed by atoms with Crippen molar-refractivity contribution in [2.45, 2.75) is 32.3 Å². The lowest BCUT2D eigenvalue weighted by Gasteiger charge is -2.25. The van der Waals surface area contributed by atoms with Gasteiger partial charge in [0.25, 0.3) is 0 Å². The molecule has 0 bridgehead atoms. The predicted octanol–water partition coefficient (Wildman–Crippen LogP) is 1.92. The minimum atomic E-state index is -0.684. The molecule has 0 spiro atoms. The van der Waals surface area contributed by atoms with Crippen LogP contribution in [0.25, 0.3) is 0 Å². The molecule has 0 saturated heterocycles. The zero-order valence-electron chi connectivity index (χ0n) is 9.70. The zero-order valence-corrected chi connectivity index (χ0v) is 9.70. The highest BCUT2D eigenvalue weighted by molar-refractivity contribution is 5.46. The maximum Gasteiger partial charge on any atom is 0.142 e. The molecular weight excluding hydrogens is 202 g/mol. The number of anilines is 1. The zero-order chi connectivity index (χ0) is 12.0. The molecule has 0 aromatic carbocycles. The van der Waals surface area contributed by atoms with Crippen LogP contribution in [0.5, 0.6) is 0 Å². The molecule has 0 aliphatic heterocycles. The lowest BCUT2D eigenvalue weighted by molar-refractivity contribution is 0.0457. The molecule has 1 rings (SSSR count). The van der Waals surface area contributed by atoms with Gasteiger partial charge in [-0.1, -0.05) is 13.8 Å². The summed E-state index contributed by atoms with van der Waals surface area (Å²) in [5, 5.41) is 21.9. The van der Waals surface area contributed by atoms with E-state index < -0.39 is 5.60 Å². The SMILES string of the molecule is CCC(O)(CC)CNc1ccnc(C#N)c1. The molecule has 1 aromatic heterocycles. The third-order valence-corrected chi connectivity index (χ3v) is 2.81. The van der Waals surface area contributed by atoms with Crippen molar-refractivity contribution >= 4 is 5.69 Å². The minimum Gasteiger partial charge on any atom is -0.388 e. The largest absolute Gasteiger partial charge is 0.388 e. The summed E-state index contributed by atoms with van der Waals surface area (Å²) in [6.07, 6.45) is 2.98. The minimum absolute atomic E-state index is 0.376. The Hall–Kier alpha value is -1.60. The fraction of sp³-hybridized carbons (Fsp3) is 0.500. The van der Waals surface area contributed by atoms with Gasteiger partial charge < -0.3 is 10.4 Å². The maximum absolute atomic E-state index is 10.1. The van der Waals surface area contributed by atoms with E-state index in [-0.39, 0.29) is 0 Å². The predicted molar refractivity (Wildman–Crippen MR) is 63.0 cm³/mol. The van der Waals surface area contributed by atoms with Crippen LogP contribution in [0.3, 0.4) is 0 Å². The van der Waals surface area contributed by atoms with Gasteiger partial charge in [-0.25, -0.2) is 4.98 Å². The molecule has 4 heteroatoms. The first kappa shape index (κ1) is 12.5. The normalized spacial score (nSPS) is 10.9. The van der Waals surface area contributed by atoms with Crippen molar-refractivity contribution in [1.82, 2.24) is 4.98 Å². The number of hydrogen-bond acceptors (Lipinski definition) is 4. The second kappa shape index (κ2) is 5.47. The van der Waals surface area contributed by atoms with Crippen LogP contribution in [0.15, 0.2) is 18.3 Å². The van der Waals surface area contributed by atoms with E-state index in [1.54, 1.807) is 18.3 Å². The van der Waals surface area contributed by atoms with Crippen LogP contribution in [0, 0.1) is 11.3 Å². The van der Waals surface area contributed by atoms with E-state index in [2.05, 4.69) is 10.3 Å². The Kier molecular flexibility index (Phi) is 4.27. The van der Waals surface area contributed by atoms with Gasteiger partial charge in [-0.2, -0.15) is 5.26 Å². The molecule has 0 aliphatic carbocycles. The quantitative estimate of drug-likeness (QED) is 0.793. The number of hydrogen-bond donors (Lipinski definition) is 2. The van der Waals surface area contributed by atoms with Crippen LogP contribution in [-0.4, -0.2) is 22.2 Å². The summed E-state index contributed by atoms with van der Waals surface area (Å²) in [4.78, 5) is 3.88. The van der Waals surface area contributed by atoms with E-state index in [1.165, 1.54) is 0 Å². The molecule has 1 aromatic rings. The molecule has 1 heterocycles. The lowest BCUT2D eigenvalue weighted by atomic mass is 9.97. The smallest absolute Gasteiger partial charge is 0.142 e. The standard InChI is InChI=1S/C12H17N3O/c1-3-12(16,4-2)9-15-10-5-6-14-11(7-10)8-13/h5-7,16H,3-4,9H2,1-2H3,(H,14,15). The molecule has 0 saturated carbocycles. The average Bonchev–Trinajstić information content (AvgIpc) is 2.36. The van der Waals surface area contributed by atoms with Gasteiger partial charge in [0, 0.05) is 18.4 Å². The fourth-order valence-electron chi connectivity index (χ4n) is 1.37. The Bertz CT molecular complexity index is 380. The first-order chi connectivity index (χ1) is 7.63. The van der Waals surface area contributed by atoms with Crippen molar-refractivity contribution in [3.8, 4) is 6.07 Å². The Morgan fingerprint density at radius 3 is 2.75 bits per heavy atom.